The van der Waals surface area contributed by atoms with Gasteiger partial charge in [0.25, 0.3) is 0 Å². The Bertz CT molecular complexity index is 3690. The van der Waals surface area contributed by atoms with E-state index in [2.05, 4.69) is 129 Å². The number of carbonyl (C=O) groups is 2. The zero-order chi connectivity index (χ0) is 62.1. The van der Waals surface area contributed by atoms with Gasteiger partial charge < -0.3 is 42.6 Å². The monoisotopic (exact) mass is 1170 g/mol. The first-order valence-corrected chi connectivity index (χ1v) is 30.2. The van der Waals surface area contributed by atoms with E-state index in [1.807, 2.05) is 67.6 Å². The minimum absolute atomic E-state index is 0.0428. The van der Waals surface area contributed by atoms with Crippen LogP contribution in [0.15, 0.2) is 127 Å². The number of Topliss-reactive ketones (excluding diaryl/α,β-unsaturated/α-hetero) is 1. The molecule has 456 valence electrons. The standard InChI is InChI=1S/C76H86O11/c1-14-24-81-27-28-83-31-33-85-74-45-72(69-42-53(7)67(40-55(69)9)65-38-49(3)63(36-51(65)5)59-20-22-61(48(2)35-59)76(78)80-13)75(86-34-32-84-30-29-82-26-25-79-12)46-71(74)70-43-54(8)68(41-56(70)10)66-39-50(4)64(37-52(66)6)60-21-23-62(57(11)77)73(44-60)87-47-58-18-16-15-17-19-58/h15-23,35-46H,14,24-34,47H2,1-13H3. The molecule has 0 spiro atoms. The molecule has 0 amide bonds. The van der Waals surface area contributed by atoms with Gasteiger partial charge in [0, 0.05) is 24.8 Å². The van der Waals surface area contributed by atoms with Crippen LogP contribution in [0.2, 0.25) is 0 Å². The molecule has 87 heavy (non-hydrogen) atoms. The Balaban J connectivity index is 1.17. The first-order valence-electron chi connectivity index (χ1n) is 30.2. The molecule has 8 rings (SSSR count). The fraction of sp³-hybridized carbons (Fsp3) is 0.342. The molecule has 0 aliphatic heterocycles. The summed E-state index contributed by atoms with van der Waals surface area (Å²) < 4.78 is 53.6. The number of hydrogen-bond donors (Lipinski definition) is 0. The van der Waals surface area contributed by atoms with Crippen molar-refractivity contribution in [1.82, 2.24) is 0 Å². The molecule has 0 N–H and O–H groups in total. The summed E-state index contributed by atoms with van der Waals surface area (Å²) in [6.07, 6.45) is 0.952. The second kappa shape index (κ2) is 31.1. The van der Waals surface area contributed by atoms with Crippen LogP contribution in [-0.4, -0.2) is 98.6 Å². The largest absolute Gasteiger partial charge is 0.491 e. The van der Waals surface area contributed by atoms with E-state index in [-0.39, 0.29) is 11.8 Å². The van der Waals surface area contributed by atoms with Crippen molar-refractivity contribution in [3.8, 4) is 84.0 Å². The van der Waals surface area contributed by atoms with E-state index in [0.717, 1.165) is 129 Å². The predicted molar refractivity (Wildman–Crippen MR) is 350 cm³/mol. The summed E-state index contributed by atoms with van der Waals surface area (Å²) in [7, 11) is 3.07. The maximum atomic E-state index is 12.8. The van der Waals surface area contributed by atoms with E-state index >= 15 is 0 Å². The van der Waals surface area contributed by atoms with Gasteiger partial charge in [-0.25, -0.2) is 4.79 Å². The number of benzene rings is 8. The van der Waals surface area contributed by atoms with Crippen LogP contribution in [0, 0.1) is 62.3 Å². The first-order chi connectivity index (χ1) is 42.0. The molecular formula is C76H86O11. The number of aryl methyl sites for hydroxylation is 9. The summed E-state index contributed by atoms with van der Waals surface area (Å²) >= 11 is 0. The molecule has 8 aromatic carbocycles. The molecule has 0 radical (unpaired) electrons. The van der Waals surface area contributed by atoms with Crippen molar-refractivity contribution < 1.29 is 52.2 Å². The van der Waals surface area contributed by atoms with Crippen LogP contribution in [0.3, 0.4) is 0 Å². The van der Waals surface area contributed by atoms with Crippen LogP contribution in [0.5, 0.6) is 17.2 Å². The minimum Gasteiger partial charge on any atom is -0.491 e. The Hall–Kier alpha value is -7.90. The molecule has 0 saturated carbocycles. The normalized spacial score (nSPS) is 11.3. The van der Waals surface area contributed by atoms with Gasteiger partial charge in [-0.2, -0.15) is 0 Å². The van der Waals surface area contributed by atoms with Gasteiger partial charge in [0.05, 0.1) is 71.1 Å². The average Bonchev–Trinajstić information content (AvgIpc) is 0.979. The minimum atomic E-state index is -0.341. The van der Waals surface area contributed by atoms with Gasteiger partial charge in [0.2, 0.25) is 0 Å². The number of hydrogen-bond acceptors (Lipinski definition) is 11. The lowest BCUT2D eigenvalue weighted by atomic mass is 9.85. The fourth-order valence-electron chi connectivity index (χ4n) is 11.2. The quantitative estimate of drug-likeness (QED) is 0.0243. The van der Waals surface area contributed by atoms with Gasteiger partial charge in [-0.3, -0.25) is 4.79 Å². The molecule has 0 unspecified atom stereocenters. The third-order valence-corrected chi connectivity index (χ3v) is 15.9. The lowest BCUT2D eigenvalue weighted by Gasteiger charge is -2.22. The molecule has 11 nitrogen and oxygen atoms in total. The number of ether oxygens (including phenoxy) is 9. The van der Waals surface area contributed by atoms with Crippen molar-refractivity contribution in [2.75, 3.05) is 86.9 Å². The van der Waals surface area contributed by atoms with E-state index in [0.29, 0.717) is 108 Å². The molecule has 0 aromatic heterocycles. The van der Waals surface area contributed by atoms with Crippen molar-refractivity contribution in [3.05, 3.63) is 194 Å². The van der Waals surface area contributed by atoms with E-state index in [4.69, 9.17) is 42.6 Å². The molecule has 0 atom stereocenters. The lowest BCUT2D eigenvalue weighted by molar-refractivity contribution is 0.0180. The second-order valence-corrected chi connectivity index (χ2v) is 22.5. The Kier molecular flexibility index (Phi) is 23.3. The van der Waals surface area contributed by atoms with Crippen molar-refractivity contribution in [2.45, 2.75) is 89.2 Å². The second-order valence-electron chi connectivity index (χ2n) is 22.5. The zero-order valence-electron chi connectivity index (χ0n) is 53.3. The van der Waals surface area contributed by atoms with Crippen LogP contribution < -0.4 is 14.2 Å². The topological polar surface area (TPSA) is 117 Å². The highest BCUT2D eigenvalue weighted by Gasteiger charge is 2.23. The Morgan fingerprint density at radius 3 is 1.14 bits per heavy atom. The van der Waals surface area contributed by atoms with Crippen molar-refractivity contribution >= 4 is 11.8 Å². The molecule has 0 saturated heterocycles. The average molecular weight is 1180 g/mol. The van der Waals surface area contributed by atoms with Gasteiger partial charge in [-0.1, -0.05) is 104 Å². The smallest absolute Gasteiger partial charge is 0.338 e. The van der Waals surface area contributed by atoms with E-state index in [1.165, 1.54) is 7.11 Å². The van der Waals surface area contributed by atoms with Gasteiger partial charge in [0.15, 0.2) is 5.78 Å². The van der Waals surface area contributed by atoms with Crippen molar-refractivity contribution in [1.29, 1.82) is 0 Å². The molecular weight excluding hydrogens is 1090 g/mol. The third-order valence-electron chi connectivity index (χ3n) is 15.9. The summed E-state index contributed by atoms with van der Waals surface area (Å²) in [5.41, 5.74) is 24.5. The van der Waals surface area contributed by atoms with Crippen molar-refractivity contribution in [3.63, 3.8) is 0 Å². The van der Waals surface area contributed by atoms with Gasteiger partial charge >= 0.3 is 5.97 Å². The zero-order valence-corrected chi connectivity index (χ0v) is 53.3. The van der Waals surface area contributed by atoms with Gasteiger partial charge in [0.1, 0.15) is 37.1 Å². The summed E-state index contributed by atoms with van der Waals surface area (Å²) in [5.74, 6) is 1.60. The van der Waals surface area contributed by atoms with Crippen LogP contribution in [-0.2, 0) is 35.0 Å². The lowest BCUT2D eigenvalue weighted by Crippen LogP contribution is -2.13. The Labute approximate surface area is 515 Å². The van der Waals surface area contributed by atoms with Gasteiger partial charge in [-0.05, 0) is 217 Å². The Morgan fingerprint density at radius 1 is 0.345 bits per heavy atom. The van der Waals surface area contributed by atoms with Crippen molar-refractivity contribution in [2.24, 2.45) is 0 Å². The summed E-state index contributed by atoms with van der Waals surface area (Å²) in [4.78, 5) is 25.2. The van der Waals surface area contributed by atoms with E-state index in [9.17, 15) is 9.59 Å². The number of methoxy groups -OCH3 is 2. The number of rotatable bonds is 30. The molecule has 0 aliphatic rings. The van der Waals surface area contributed by atoms with Gasteiger partial charge in [-0.15, -0.1) is 0 Å². The molecule has 11 heteroatoms. The highest BCUT2D eigenvalue weighted by Crippen LogP contribution is 2.46. The Morgan fingerprint density at radius 2 is 0.724 bits per heavy atom. The third kappa shape index (κ3) is 16.4. The number of carbonyl (C=O) groups excluding carboxylic acids is 2. The molecule has 0 bridgehead atoms. The summed E-state index contributed by atoms with van der Waals surface area (Å²) in [6.45, 7) is 28.2. The number of esters is 1. The van der Waals surface area contributed by atoms with E-state index in [1.54, 1.807) is 14.0 Å². The molecule has 0 heterocycles. The first kappa shape index (κ1) is 65.1. The SMILES string of the molecule is CCCOCCOCCOc1cc(-c2cc(C)c(-c3cc(C)c(-c4ccc(C(=O)OC)c(C)c4)cc3C)cc2C)c(OCCOCCOCCOC)cc1-c1cc(C)c(-c2cc(C)c(-c3ccc(C(C)=O)c(OCc4ccccc4)c3)cc2C)cc1C. The maximum absolute atomic E-state index is 12.8. The summed E-state index contributed by atoms with van der Waals surface area (Å²) in [5, 5.41) is 0. The summed E-state index contributed by atoms with van der Waals surface area (Å²) in [6, 6.07) is 44.2. The molecule has 0 fully saturated rings. The molecule has 0 aliphatic carbocycles. The maximum Gasteiger partial charge on any atom is 0.338 e. The fourth-order valence-corrected chi connectivity index (χ4v) is 11.2. The highest BCUT2D eigenvalue weighted by molar-refractivity contribution is 5.98. The van der Waals surface area contributed by atoms with Crippen LogP contribution >= 0.6 is 0 Å². The van der Waals surface area contributed by atoms with Crippen LogP contribution in [0.4, 0.5) is 0 Å². The number of ketones is 1. The van der Waals surface area contributed by atoms with Crippen LogP contribution in [0.1, 0.15) is 96.6 Å². The molecule has 8 aromatic rings. The predicted octanol–water partition coefficient (Wildman–Crippen LogP) is 16.9. The highest BCUT2D eigenvalue weighted by atomic mass is 16.6. The van der Waals surface area contributed by atoms with Crippen LogP contribution in [0.25, 0.3) is 66.8 Å². The van der Waals surface area contributed by atoms with E-state index < -0.39 is 0 Å².